The number of hydrogen-bond acceptors (Lipinski definition) is 4. The van der Waals surface area contributed by atoms with Crippen LogP contribution in [0.2, 0.25) is 0 Å². The monoisotopic (exact) mass is 256 g/mol. The van der Waals surface area contributed by atoms with Crippen LogP contribution < -0.4 is 5.32 Å². The fraction of sp³-hybridized carbons (Fsp3) is 0.583. The minimum absolute atomic E-state index is 0.00806. The number of nitrogens with zero attached hydrogens (tertiary/aromatic N) is 1. The number of carbonyl (C=O) groups excluding carboxylic acids is 1. The van der Waals surface area contributed by atoms with Gasteiger partial charge in [-0.25, -0.2) is 0 Å². The van der Waals surface area contributed by atoms with E-state index in [1.54, 1.807) is 11.3 Å². The molecule has 1 unspecified atom stereocenters. The van der Waals surface area contributed by atoms with E-state index < -0.39 is 0 Å². The third-order valence-electron chi connectivity index (χ3n) is 2.74. The normalized spacial score (nSPS) is 12.7. The summed E-state index contributed by atoms with van der Waals surface area (Å²) in [6.07, 6.45) is 0. The van der Waals surface area contributed by atoms with Gasteiger partial charge in [0.2, 0.25) is 5.91 Å². The van der Waals surface area contributed by atoms with E-state index in [0.717, 1.165) is 11.4 Å². The second-order valence-electron chi connectivity index (χ2n) is 3.83. The quantitative estimate of drug-likeness (QED) is 0.767. The second kappa shape index (κ2) is 7.42. The van der Waals surface area contributed by atoms with E-state index in [2.05, 4.69) is 5.32 Å². The Kier molecular flexibility index (Phi) is 6.18. The minimum Gasteiger partial charge on any atom is -0.395 e. The van der Waals surface area contributed by atoms with Crippen LogP contribution in [-0.4, -0.2) is 41.7 Å². The van der Waals surface area contributed by atoms with Gasteiger partial charge in [-0.05, 0) is 24.9 Å². The van der Waals surface area contributed by atoms with Crippen molar-refractivity contribution in [2.24, 2.45) is 0 Å². The van der Waals surface area contributed by atoms with Gasteiger partial charge >= 0.3 is 0 Å². The largest absolute Gasteiger partial charge is 0.395 e. The van der Waals surface area contributed by atoms with Crippen molar-refractivity contribution in [3.63, 3.8) is 0 Å². The first-order valence-corrected chi connectivity index (χ1v) is 6.72. The predicted octanol–water partition coefficient (Wildman–Crippen LogP) is 1.07. The first kappa shape index (κ1) is 14.2. The third-order valence-corrected chi connectivity index (χ3v) is 3.61. The molecule has 1 amide bonds. The lowest BCUT2D eigenvalue weighted by atomic mass is 10.2. The van der Waals surface area contributed by atoms with Crippen LogP contribution in [0.4, 0.5) is 0 Å². The first-order chi connectivity index (χ1) is 8.19. The molecule has 0 aliphatic rings. The highest BCUT2D eigenvalue weighted by Gasteiger charge is 2.18. The van der Waals surface area contributed by atoms with Gasteiger partial charge < -0.3 is 10.4 Å². The molecular formula is C12H20N2O2S. The number of aliphatic hydroxyl groups excluding tert-OH is 1. The molecule has 0 aromatic carbocycles. The third kappa shape index (κ3) is 4.46. The number of amides is 1. The molecule has 0 radical (unpaired) electrons. The molecule has 1 rings (SSSR count). The molecule has 0 bridgehead atoms. The topological polar surface area (TPSA) is 52.6 Å². The summed E-state index contributed by atoms with van der Waals surface area (Å²) in [5.41, 5.74) is 0. The lowest BCUT2D eigenvalue weighted by Crippen LogP contribution is -2.45. The van der Waals surface area contributed by atoms with Crippen LogP contribution in [0.15, 0.2) is 17.5 Å². The average molecular weight is 256 g/mol. The van der Waals surface area contributed by atoms with Gasteiger partial charge in [-0.2, -0.15) is 0 Å². The summed E-state index contributed by atoms with van der Waals surface area (Å²) >= 11 is 1.63. The molecule has 1 aromatic heterocycles. The van der Waals surface area contributed by atoms with Crippen LogP contribution in [0.5, 0.6) is 0 Å². The summed E-state index contributed by atoms with van der Waals surface area (Å²) in [4.78, 5) is 15.0. The van der Waals surface area contributed by atoms with Gasteiger partial charge in [-0.1, -0.05) is 13.0 Å². The lowest BCUT2D eigenvalue weighted by Gasteiger charge is -2.25. The number of nitrogens with one attached hydrogen (secondary N) is 1. The van der Waals surface area contributed by atoms with Crippen LogP contribution in [-0.2, 0) is 11.3 Å². The Balaban J connectivity index is 2.40. The number of thiophene rings is 1. The number of aliphatic hydroxyl groups is 1. The van der Waals surface area contributed by atoms with Crippen molar-refractivity contribution in [3.05, 3.63) is 22.4 Å². The lowest BCUT2D eigenvalue weighted by molar-refractivity contribution is -0.126. The van der Waals surface area contributed by atoms with Gasteiger partial charge in [0.1, 0.15) is 0 Å². The van der Waals surface area contributed by atoms with Crippen molar-refractivity contribution in [2.45, 2.75) is 26.4 Å². The minimum atomic E-state index is -0.202. The second-order valence-corrected chi connectivity index (χ2v) is 4.86. The number of rotatable bonds is 7. The van der Waals surface area contributed by atoms with Gasteiger partial charge in [0.25, 0.3) is 0 Å². The Morgan fingerprint density at radius 1 is 1.65 bits per heavy atom. The van der Waals surface area contributed by atoms with Gasteiger partial charge in [-0.3, -0.25) is 9.69 Å². The molecule has 0 spiro atoms. The molecular weight excluding hydrogens is 236 g/mol. The van der Waals surface area contributed by atoms with E-state index in [0.29, 0.717) is 13.1 Å². The molecule has 1 heterocycles. The van der Waals surface area contributed by atoms with E-state index in [-0.39, 0.29) is 18.6 Å². The maximum absolute atomic E-state index is 11.9. The van der Waals surface area contributed by atoms with Gasteiger partial charge in [0.15, 0.2) is 0 Å². The molecule has 0 aliphatic heterocycles. The van der Waals surface area contributed by atoms with Crippen LogP contribution >= 0.6 is 11.3 Å². The fourth-order valence-electron chi connectivity index (χ4n) is 1.65. The number of carbonyl (C=O) groups is 1. The molecule has 4 nitrogen and oxygen atoms in total. The zero-order valence-corrected chi connectivity index (χ0v) is 11.2. The molecule has 0 aliphatic carbocycles. The Hall–Kier alpha value is -0.910. The summed E-state index contributed by atoms with van der Waals surface area (Å²) in [6, 6.07) is 3.77. The Labute approximate surface area is 106 Å². The van der Waals surface area contributed by atoms with Gasteiger partial charge in [-0.15, -0.1) is 11.3 Å². The molecule has 0 fully saturated rings. The smallest absolute Gasteiger partial charge is 0.237 e. The average Bonchev–Trinajstić information content (AvgIpc) is 2.85. The first-order valence-electron chi connectivity index (χ1n) is 5.84. The van der Waals surface area contributed by atoms with Crippen molar-refractivity contribution in [3.8, 4) is 0 Å². The van der Waals surface area contributed by atoms with E-state index in [4.69, 9.17) is 5.11 Å². The fourth-order valence-corrected chi connectivity index (χ4v) is 2.30. The Morgan fingerprint density at radius 2 is 2.41 bits per heavy atom. The van der Waals surface area contributed by atoms with Crippen molar-refractivity contribution in [1.82, 2.24) is 10.2 Å². The highest BCUT2D eigenvalue weighted by atomic mass is 32.1. The maximum atomic E-state index is 11.9. The van der Waals surface area contributed by atoms with E-state index >= 15 is 0 Å². The predicted molar refractivity (Wildman–Crippen MR) is 70.0 cm³/mol. The summed E-state index contributed by atoms with van der Waals surface area (Å²) in [6.45, 7) is 5.80. The summed E-state index contributed by atoms with van der Waals surface area (Å²) in [5, 5.41) is 13.8. The van der Waals surface area contributed by atoms with Crippen LogP contribution in [0, 0.1) is 0 Å². The molecule has 0 saturated heterocycles. The molecule has 0 saturated carbocycles. The summed E-state index contributed by atoms with van der Waals surface area (Å²) < 4.78 is 0. The molecule has 2 N–H and O–H groups in total. The van der Waals surface area contributed by atoms with Crippen molar-refractivity contribution in [2.75, 3.05) is 19.7 Å². The molecule has 17 heavy (non-hydrogen) atoms. The van der Waals surface area contributed by atoms with Crippen LogP contribution in [0.3, 0.4) is 0 Å². The van der Waals surface area contributed by atoms with Crippen LogP contribution in [0.25, 0.3) is 0 Å². The standard InChI is InChI=1S/C12H20N2O2S/c1-3-14(6-7-15)10(2)12(16)13-9-11-5-4-8-17-11/h4-5,8,10,15H,3,6-7,9H2,1-2H3,(H,13,16). The summed E-state index contributed by atoms with van der Waals surface area (Å²) in [5.74, 6) is 0.00806. The number of hydrogen-bond donors (Lipinski definition) is 2. The van der Waals surface area contributed by atoms with E-state index in [1.165, 1.54) is 0 Å². The van der Waals surface area contributed by atoms with E-state index in [9.17, 15) is 4.79 Å². The Morgan fingerprint density at radius 3 is 2.94 bits per heavy atom. The van der Waals surface area contributed by atoms with Crippen molar-refractivity contribution >= 4 is 17.2 Å². The molecule has 1 aromatic rings. The van der Waals surface area contributed by atoms with E-state index in [1.807, 2.05) is 36.3 Å². The highest BCUT2D eigenvalue weighted by molar-refractivity contribution is 7.09. The van der Waals surface area contributed by atoms with Gasteiger partial charge in [0, 0.05) is 11.4 Å². The SMILES string of the molecule is CCN(CCO)C(C)C(=O)NCc1cccs1. The maximum Gasteiger partial charge on any atom is 0.237 e. The Bertz CT molecular complexity index is 327. The zero-order valence-electron chi connectivity index (χ0n) is 10.3. The number of likely N-dealkylation sites (N-methyl/N-ethyl adjacent to an activating group) is 1. The van der Waals surface area contributed by atoms with Crippen molar-refractivity contribution < 1.29 is 9.90 Å². The highest BCUT2D eigenvalue weighted by Crippen LogP contribution is 2.08. The zero-order chi connectivity index (χ0) is 12.7. The molecule has 96 valence electrons. The van der Waals surface area contributed by atoms with Crippen molar-refractivity contribution in [1.29, 1.82) is 0 Å². The van der Waals surface area contributed by atoms with Gasteiger partial charge in [0.05, 0.1) is 19.2 Å². The summed E-state index contributed by atoms with van der Waals surface area (Å²) in [7, 11) is 0. The molecule has 5 heteroatoms. The molecule has 1 atom stereocenters. The van der Waals surface area contributed by atoms with Crippen LogP contribution in [0.1, 0.15) is 18.7 Å².